The van der Waals surface area contributed by atoms with E-state index in [4.69, 9.17) is 27.5 Å². The molecule has 0 heterocycles. The molecule has 0 aromatic heterocycles. The average Bonchev–Trinajstić information content (AvgIpc) is 2.08. The predicted octanol–water partition coefficient (Wildman–Crippen LogP) is 1.52. The second-order valence-electron chi connectivity index (χ2n) is 2.92. The maximum atomic E-state index is 10.4. The number of carbonyl (C=O) groups is 1. The summed E-state index contributed by atoms with van der Waals surface area (Å²) in [4.78, 5) is 10.4. The van der Waals surface area contributed by atoms with Crippen molar-refractivity contribution in [1.82, 2.24) is 0 Å². The lowest BCUT2D eigenvalue weighted by Crippen LogP contribution is -2.14. The molecule has 0 aliphatic heterocycles. The minimum absolute atomic E-state index is 0.0436. The van der Waals surface area contributed by atoms with Gasteiger partial charge in [-0.3, -0.25) is 4.79 Å². The van der Waals surface area contributed by atoms with Crippen LogP contribution in [-0.4, -0.2) is 16.2 Å². The van der Waals surface area contributed by atoms with E-state index in [1.165, 1.54) is 12.1 Å². The van der Waals surface area contributed by atoms with E-state index < -0.39 is 12.0 Å². The summed E-state index contributed by atoms with van der Waals surface area (Å²) >= 11 is 5.64. The number of benzene rings is 1. The van der Waals surface area contributed by atoms with Gasteiger partial charge >= 0.3 is 5.97 Å². The summed E-state index contributed by atoms with van der Waals surface area (Å²) in [5.41, 5.74) is 6.19. The van der Waals surface area contributed by atoms with Crippen molar-refractivity contribution in [1.29, 1.82) is 0 Å². The van der Waals surface area contributed by atoms with E-state index >= 15 is 0 Å². The average molecular weight is 216 g/mol. The van der Waals surface area contributed by atoms with Crippen molar-refractivity contribution < 1.29 is 15.0 Å². The third-order valence-corrected chi connectivity index (χ3v) is 2.10. The highest BCUT2D eigenvalue weighted by Gasteiger charge is 2.11. The molecule has 0 fully saturated rings. The Hall–Kier alpha value is -1.26. The van der Waals surface area contributed by atoms with E-state index in [0.29, 0.717) is 5.56 Å². The van der Waals surface area contributed by atoms with Gasteiger partial charge < -0.3 is 15.9 Å². The molecular weight excluding hydrogens is 206 g/mol. The van der Waals surface area contributed by atoms with Gasteiger partial charge in [0.05, 0.1) is 11.4 Å². The van der Waals surface area contributed by atoms with E-state index in [2.05, 4.69) is 0 Å². The van der Waals surface area contributed by atoms with Gasteiger partial charge in [-0.2, -0.15) is 0 Å². The van der Waals surface area contributed by atoms with Gasteiger partial charge in [0, 0.05) is 6.04 Å². The number of aromatic hydroxyl groups is 1. The maximum Gasteiger partial charge on any atom is 0.305 e. The molecule has 0 bridgehead atoms. The van der Waals surface area contributed by atoms with E-state index in [-0.39, 0.29) is 17.2 Å². The highest BCUT2D eigenvalue weighted by atomic mass is 35.5. The van der Waals surface area contributed by atoms with Crippen LogP contribution in [0.25, 0.3) is 0 Å². The Labute approximate surface area is 85.9 Å². The normalized spacial score (nSPS) is 12.4. The largest absolute Gasteiger partial charge is 0.506 e. The number of carboxylic acid groups (broad SMARTS) is 1. The summed E-state index contributed by atoms with van der Waals surface area (Å²) in [6, 6.07) is 3.80. The zero-order chi connectivity index (χ0) is 10.7. The Morgan fingerprint density at radius 2 is 2.21 bits per heavy atom. The van der Waals surface area contributed by atoms with Crippen LogP contribution in [0, 0.1) is 0 Å². The van der Waals surface area contributed by atoms with Crippen LogP contribution in [0.2, 0.25) is 5.02 Å². The van der Waals surface area contributed by atoms with Crippen LogP contribution in [0.3, 0.4) is 0 Å². The molecule has 76 valence electrons. The minimum atomic E-state index is -0.971. The van der Waals surface area contributed by atoms with E-state index in [9.17, 15) is 4.79 Å². The van der Waals surface area contributed by atoms with E-state index in [1.54, 1.807) is 6.07 Å². The molecule has 0 spiro atoms. The number of phenolic OH excluding ortho intramolecular Hbond substituents is 1. The molecule has 5 heteroatoms. The quantitative estimate of drug-likeness (QED) is 0.714. The third kappa shape index (κ3) is 2.61. The van der Waals surface area contributed by atoms with E-state index in [1.807, 2.05) is 0 Å². The topological polar surface area (TPSA) is 83.6 Å². The van der Waals surface area contributed by atoms with Crippen LogP contribution in [0.5, 0.6) is 5.75 Å². The number of halogens is 1. The second-order valence-corrected chi connectivity index (χ2v) is 3.32. The fraction of sp³-hybridized carbons (Fsp3) is 0.222. The first-order chi connectivity index (χ1) is 6.50. The number of rotatable bonds is 3. The van der Waals surface area contributed by atoms with Crippen molar-refractivity contribution in [2.75, 3.05) is 0 Å². The Bertz CT molecular complexity index is 354. The molecule has 0 amide bonds. The van der Waals surface area contributed by atoms with Crippen LogP contribution >= 0.6 is 11.6 Å². The van der Waals surface area contributed by atoms with Crippen LogP contribution < -0.4 is 5.73 Å². The van der Waals surface area contributed by atoms with Crippen molar-refractivity contribution in [3.63, 3.8) is 0 Å². The zero-order valence-corrected chi connectivity index (χ0v) is 8.03. The molecular formula is C9H10ClNO3. The maximum absolute atomic E-state index is 10.4. The lowest BCUT2D eigenvalue weighted by molar-refractivity contribution is -0.137. The molecule has 0 saturated carbocycles. The third-order valence-electron chi connectivity index (χ3n) is 1.79. The number of hydrogen-bond donors (Lipinski definition) is 3. The molecule has 14 heavy (non-hydrogen) atoms. The molecule has 1 rings (SSSR count). The first-order valence-corrected chi connectivity index (χ1v) is 4.34. The van der Waals surface area contributed by atoms with Gasteiger partial charge in [0.2, 0.25) is 0 Å². The number of phenols is 1. The summed E-state index contributed by atoms with van der Waals surface area (Å²) in [7, 11) is 0. The lowest BCUT2D eigenvalue weighted by Gasteiger charge is -2.09. The van der Waals surface area contributed by atoms with Gasteiger partial charge in [0.1, 0.15) is 5.75 Å². The number of hydrogen-bond acceptors (Lipinski definition) is 3. The summed E-state index contributed by atoms with van der Waals surface area (Å²) in [5.74, 6) is -1.01. The lowest BCUT2D eigenvalue weighted by atomic mass is 10.0. The van der Waals surface area contributed by atoms with Gasteiger partial charge in [0.15, 0.2) is 0 Å². The van der Waals surface area contributed by atoms with Gasteiger partial charge in [-0.15, -0.1) is 0 Å². The Morgan fingerprint density at radius 1 is 1.57 bits per heavy atom. The number of carboxylic acids is 1. The molecule has 0 aliphatic rings. The highest BCUT2D eigenvalue weighted by Crippen LogP contribution is 2.26. The molecule has 0 radical (unpaired) electrons. The van der Waals surface area contributed by atoms with E-state index in [0.717, 1.165) is 0 Å². The molecule has 0 aliphatic carbocycles. The van der Waals surface area contributed by atoms with Crippen molar-refractivity contribution in [3.8, 4) is 5.75 Å². The summed E-state index contributed by atoms with van der Waals surface area (Å²) < 4.78 is 0. The summed E-state index contributed by atoms with van der Waals surface area (Å²) in [5, 5.41) is 17.8. The Kier molecular flexibility index (Phi) is 3.33. The minimum Gasteiger partial charge on any atom is -0.506 e. The van der Waals surface area contributed by atoms with Crippen LogP contribution in [0.4, 0.5) is 0 Å². The summed E-state index contributed by atoms with van der Waals surface area (Å²) in [6.07, 6.45) is -0.166. The monoisotopic (exact) mass is 215 g/mol. The standard InChI is InChI=1S/C9H10ClNO3/c10-6-3-5(1-2-8(6)12)7(11)4-9(13)14/h1-3,7,12H,4,11H2,(H,13,14)/t7-/m1/s1. The van der Waals surface area contributed by atoms with Crippen molar-refractivity contribution in [3.05, 3.63) is 28.8 Å². The van der Waals surface area contributed by atoms with Gasteiger partial charge in [0.25, 0.3) is 0 Å². The molecule has 4 nitrogen and oxygen atoms in total. The SMILES string of the molecule is N[C@H](CC(=O)O)c1ccc(O)c(Cl)c1. The fourth-order valence-electron chi connectivity index (χ4n) is 1.06. The van der Waals surface area contributed by atoms with Crippen molar-refractivity contribution in [2.45, 2.75) is 12.5 Å². The fourth-order valence-corrected chi connectivity index (χ4v) is 1.25. The van der Waals surface area contributed by atoms with Crippen LogP contribution in [-0.2, 0) is 4.79 Å². The molecule has 0 saturated heterocycles. The van der Waals surface area contributed by atoms with Crippen molar-refractivity contribution >= 4 is 17.6 Å². The molecule has 0 unspecified atom stereocenters. The molecule has 4 N–H and O–H groups in total. The summed E-state index contributed by atoms with van der Waals surface area (Å²) in [6.45, 7) is 0. The molecule has 1 atom stereocenters. The van der Waals surface area contributed by atoms with Crippen LogP contribution in [0.1, 0.15) is 18.0 Å². The smallest absolute Gasteiger partial charge is 0.305 e. The highest BCUT2D eigenvalue weighted by molar-refractivity contribution is 6.32. The predicted molar refractivity (Wildman–Crippen MR) is 52.3 cm³/mol. The first-order valence-electron chi connectivity index (χ1n) is 3.96. The molecule has 1 aromatic carbocycles. The Morgan fingerprint density at radius 3 is 2.71 bits per heavy atom. The number of nitrogens with two attached hydrogens (primary N) is 1. The van der Waals surface area contributed by atoms with Crippen LogP contribution in [0.15, 0.2) is 18.2 Å². The number of aliphatic carboxylic acids is 1. The molecule has 1 aromatic rings. The second kappa shape index (κ2) is 4.30. The van der Waals surface area contributed by atoms with Gasteiger partial charge in [-0.1, -0.05) is 17.7 Å². The Balaban J connectivity index is 2.85. The first kappa shape index (κ1) is 10.8. The zero-order valence-electron chi connectivity index (χ0n) is 7.27. The van der Waals surface area contributed by atoms with Gasteiger partial charge in [-0.05, 0) is 17.7 Å². The van der Waals surface area contributed by atoms with Crippen molar-refractivity contribution in [2.24, 2.45) is 5.73 Å². The van der Waals surface area contributed by atoms with Gasteiger partial charge in [-0.25, -0.2) is 0 Å².